The molecule has 2 rings (SSSR count). The SMILES string of the molecule is CCCCn1ncc(N2CCC(N)CC2)c(Br)c1=O. The van der Waals surface area contributed by atoms with Crippen LogP contribution in [-0.4, -0.2) is 28.9 Å². The number of aryl methyl sites for hydroxylation is 1. The van der Waals surface area contributed by atoms with E-state index in [0.717, 1.165) is 44.5 Å². The molecule has 0 spiro atoms. The Hall–Kier alpha value is -0.880. The molecule has 0 aromatic carbocycles. The first-order valence-electron chi connectivity index (χ1n) is 6.89. The number of hydrogen-bond acceptors (Lipinski definition) is 4. The molecule has 0 bridgehead atoms. The topological polar surface area (TPSA) is 64.2 Å². The number of unbranched alkanes of at least 4 members (excludes halogenated alkanes) is 1. The molecule has 1 aliphatic rings. The van der Waals surface area contributed by atoms with Crippen molar-refractivity contribution in [1.29, 1.82) is 0 Å². The van der Waals surface area contributed by atoms with E-state index in [1.807, 2.05) is 0 Å². The summed E-state index contributed by atoms with van der Waals surface area (Å²) in [5.41, 5.74) is 6.75. The van der Waals surface area contributed by atoms with Crippen molar-refractivity contribution in [2.24, 2.45) is 5.73 Å². The molecule has 19 heavy (non-hydrogen) atoms. The normalized spacial score (nSPS) is 16.9. The number of halogens is 1. The molecule has 0 radical (unpaired) electrons. The minimum absolute atomic E-state index is 0.0409. The van der Waals surface area contributed by atoms with Gasteiger partial charge >= 0.3 is 0 Å². The molecule has 106 valence electrons. The van der Waals surface area contributed by atoms with Crippen LogP contribution in [0.15, 0.2) is 15.5 Å². The van der Waals surface area contributed by atoms with Crippen LogP contribution in [0.1, 0.15) is 32.6 Å². The predicted octanol–water partition coefficient (Wildman–Crippen LogP) is 1.73. The van der Waals surface area contributed by atoms with Gasteiger partial charge in [-0.05, 0) is 35.2 Å². The smallest absolute Gasteiger partial charge is 0.283 e. The fourth-order valence-corrected chi connectivity index (χ4v) is 2.84. The molecular formula is C13H21BrN4O. The minimum Gasteiger partial charge on any atom is -0.369 e. The Morgan fingerprint density at radius 1 is 1.47 bits per heavy atom. The van der Waals surface area contributed by atoms with E-state index in [-0.39, 0.29) is 11.6 Å². The maximum atomic E-state index is 12.2. The summed E-state index contributed by atoms with van der Waals surface area (Å²) >= 11 is 3.43. The third-order valence-corrected chi connectivity index (χ3v) is 4.32. The van der Waals surface area contributed by atoms with E-state index in [1.165, 1.54) is 4.68 Å². The van der Waals surface area contributed by atoms with Crippen molar-refractivity contribution in [3.63, 3.8) is 0 Å². The van der Waals surface area contributed by atoms with E-state index >= 15 is 0 Å². The van der Waals surface area contributed by atoms with Crippen LogP contribution in [0.25, 0.3) is 0 Å². The average Bonchev–Trinajstić information content (AvgIpc) is 2.42. The number of rotatable bonds is 4. The maximum absolute atomic E-state index is 12.2. The van der Waals surface area contributed by atoms with Crippen molar-refractivity contribution in [2.45, 2.75) is 45.2 Å². The summed E-state index contributed by atoms with van der Waals surface area (Å²) in [6, 6.07) is 0.285. The van der Waals surface area contributed by atoms with Crippen LogP contribution >= 0.6 is 15.9 Å². The van der Waals surface area contributed by atoms with Crippen LogP contribution in [0, 0.1) is 0 Å². The molecule has 6 heteroatoms. The van der Waals surface area contributed by atoms with Crippen molar-refractivity contribution in [1.82, 2.24) is 9.78 Å². The van der Waals surface area contributed by atoms with Gasteiger partial charge in [-0.25, -0.2) is 4.68 Å². The Labute approximate surface area is 121 Å². The van der Waals surface area contributed by atoms with Crippen LogP contribution in [0.3, 0.4) is 0 Å². The van der Waals surface area contributed by atoms with Gasteiger partial charge < -0.3 is 10.6 Å². The van der Waals surface area contributed by atoms with Gasteiger partial charge in [0, 0.05) is 25.7 Å². The maximum Gasteiger partial charge on any atom is 0.283 e. The van der Waals surface area contributed by atoms with Gasteiger partial charge in [0.2, 0.25) is 0 Å². The molecule has 1 aromatic rings. The number of nitrogens with zero attached hydrogens (tertiary/aromatic N) is 3. The van der Waals surface area contributed by atoms with Crippen molar-refractivity contribution >= 4 is 21.6 Å². The monoisotopic (exact) mass is 328 g/mol. The molecule has 1 aromatic heterocycles. The van der Waals surface area contributed by atoms with Crippen LogP contribution in [-0.2, 0) is 6.54 Å². The molecule has 0 aliphatic carbocycles. The van der Waals surface area contributed by atoms with Gasteiger partial charge in [0.1, 0.15) is 4.47 Å². The summed E-state index contributed by atoms with van der Waals surface area (Å²) in [7, 11) is 0. The van der Waals surface area contributed by atoms with Gasteiger partial charge in [0.05, 0.1) is 11.9 Å². The lowest BCUT2D eigenvalue weighted by Gasteiger charge is -2.32. The molecule has 5 nitrogen and oxygen atoms in total. The van der Waals surface area contributed by atoms with Gasteiger partial charge in [0.25, 0.3) is 5.56 Å². The van der Waals surface area contributed by atoms with Crippen molar-refractivity contribution in [3.05, 3.63) is 21.0 Å². The first kappa shape index (κ1) is 14.5. The highest BCUT2D eigenvalue weighted by Crippen LogP contribution is 2.24. The first-order chi connectivity index (χ1) is 9.13. The number of anilines is 1. The van der Waals surface area contributed by atoms with E-state index in [2.05, 4.69) is 32.9 Å². The molecule has 1 saturated heterocycles. The number of nitrogens with two attached hydrogens (primary N) is 1. The second-order valence-electron chi connectivity index (χ2n) is 5.05. The number of aromatic nitrogens is 2. The highest BCUT2D eigenvalue weighted by atomic mass is 79.9. The molecule has 1 fully saturated rings. The average molecular weight is 329 g/mol. The zero-order valence-electron chi connectivity index (χ0n) is 11.3. The van der Waals surface area contributed by atoms with Crippen LogP contribution in [0.2, 0.25) is 0 Å². The second kappa shape index (κ2) is 6.52. The Bertz CT molecular complexity index is 480. The van der Waals surface area contributed by atoms with Gasteiger partial charge in [-0.2, -0.15) is 5.10 Å². The van der Waals surface area contributed by atoms with Crippen LogP contribution in [0.5, 0.6) is 0 Å². The van der Waals surface area contributed by atoms with Crippen LogP contribution in [0.4, 0.5) is 5.69 Å². The third-order valence-electron chi connectivity index (χ3n) is 3.57. The lowest BCUT2D eigenvalue weighted by Crippen LogP contribution is -2.40. The fourth-order valence-electron chi connectivity index (χ4n) is 2.28. The summed E-state index contributed by atoms with van der Waals surface area (Å²) in [5.74, 6) is 0. The molecule has 0 amide bonds. The quantitative estimate of drug-likeness (QED) is 0.914. The van der Waals surface area contributed by atoms with E-state index in [4.69, 9.17) is 5.73 Å². The standard InChI is InChI=1S/C13H21BrN4O/c1-2-3-6-18-13(19)12(14)11(9-16-18)17-7-4-10(15)5-8-17/h9-10H,2-8,15H2,1H3. The van der Waals surface area contributed by atoms with Gasteiger partial charge in [0.15, 0.2) is 0 Å². The first-order valence-corrected chi connectivity index (χ1v) is 7.69. The number of piperidine rings is 1. The Kier molecular flexibility index (Phi) is 4.99. The molecule has 0 atom stereocenters. The number of hydrogen-bond donors (Lipinski definition) is 1. The highest BCUT2D eigenvalue weighted by molar-refractivity contribution is 9.10. The predicted molar refractivity (Wildman–Crippen MR) is 80.5 cm³/mol. The fraction of sp³-hybridized carbons (Fsp3) is 0.692. The van der Waals surface area contributed by atoms with E-state index < -0.39 is 0 Å². The lowest BCUT2D eigenvalue weighted by atomic mass is 10.1. The zero-order valence-corrected chi connectivity index (χ0v) is 12.9. The third kappa shape index (κ3) is 3.36. The highest BCUT2D eigenvalue weighted by Gasteiger charge is 2.20. The zero-order chi connectivity index (χ0) is 13.8. The molecule has 1 aliphatic heterocycles. The molecular weight excluding hydrogens is 308 g/mol. The summed E-state index contributed by atoms with van der Waals surface area (Å²) in [6.07, 6.45) is 5.74. The van der Waals surface area contributed by atoms with Gasteiger partial charge in [-0.15, -0.1) is 0 Å². The largest absolute Gasteiger partial charge is 0.369 e. The summed E-state index contributed by atoms with van der Waals surface area (Å²) in [6.45, 7) is 4.56. The molecule has 0 unspecified atom stereocenters. The van der Waals surface area contributed by atoms with Crippen LogP contribution < -0.4 is 16.2 Å². The van der Waals surface area contributed by atoms with E-state index in [1.54, 1.807) is 6.20 Å². The van der Waals surface area contributed by atoms with E-state index in [0.29, 0.717) is 11.0 Å². The molecule has 2 N–H and O–H groups in total. The Morgan fingerprint density at radius 2 is 2.16 bits per heavy atom. The van der Waals surface area contributed by atoms with Gasteiger partial charge in [-0.3, -0.25) is 4.79 Å². The van der Waals surface area contributed by atoms with Gasteiger partial charge in [-0.1, -0.05) is 13.3 Å². The lowest BCUT2D eigenvalue weighted by molar-refractivity contribution is 0.496. The summed E-state index contributed by atoms with van der Waals surface area (Å²) in [4.78, 5) is 14.4. The van der Waals surface area contributed by atoms with Crippen molar-refractivity contribution in [2.75, 3.05) is 18.0 Å². The Balaban J connectivity index is 2.18. The molecule has 0 saturated carbocycles. The van der Waals surface area contributed by atoms with E-state index in [9.17, 15) is 4.79 Å². The van der Waals surface area contributed by atoms with Crippen molar-refractivity contribution < 1.29 is 0 Å². The molecule has 2 heterocycles. The summed E-state index contributed by atoms with van der Waals surface area (Å²) in [5, 5.41) is 4.27. The minimum atomic E-state index is -0.0409. The second-order valence-corrected chi connectivity index (χ2v) is 5.84. The van der Waals surface area contributed by atoms with Crippen molar-refractivity contribution in [3.8, 4) is 0 Å². The Morgan fingerprint density at radius 3 is 2.79 bits per heavy atom. The summed E-state index contributed by atoms with van der Waals surface area (Å²) < 4.78 is 2.15.